The number of rotatable bonds is 2. The van der Waals surface area contributed by atoms with Crippen LogP contribution in [0.2, 0.25) is 0 Å². The molecule has 0 radical (unpaired) electrons. The highest BCUT2D eigenvalue weighted by molar-refractivity contribution is 5.69. The average Bonchev–Trinajstić information content (AvgIpc) is 2.29. The number of carbonyl (C=O) groups excluding carboxylic acids is 1. The van der Waals surface area contributed by atoms with Gasteiger partial charge < -0.3 is 4.74 Å². The summed E-state index contributed by atoms with van der Waals surface area (Å²) in [6.45, 7) is 4.47. The van der Waals surface area contributed by atoms with Crippen molar-refractivity contribution in [1.29, 1.82) is 0 Å². The van der Waals surface area contributed by atoms with Crippen LogP contribution in [0.4, 0.5) is 4.79 Å². The molecule has 3 rings (SSSR count). The van der Waals surface area contributed by atoms with E-state index in [2.05, 4.69) is 19.1 Å². The SMILES string of the molecule is CCOC(=O)N1[C@H](CC)[C@H]2C=C[C@H]1CC2. The van der Waals surface area contributed by atoms with Crippen molar-refractivity contribution in [2.45, 2.75) is 45.2 Å². The summed E-state index contributed by atoms with van der Waals surface area (Å²) in [6, 6.07) is 0.631. The number of ether oxygens (including phenoxy) is 1. The summed E-state index contributed by atoms with van der Waals surface area (Å²) < 4.78 is 5.12. The van der Waals surface area contributed by atoms with Gasteiger partial charge in [-0.05, 0) is 32.1 Å². The van der Waals surface area contributed by atoms with Crippen LogP contribution in [0.15, 0.2) is 12.2 Å². The highest BCUT2D eigenvalue weighted by Crippen LogP contribution is 2.36. The van der Waals surface area contributed by atoms with Gasteiger partial charge in [0, 0.05) is 6.04 Å². The molecule has 1 saturated heterocycles. The second-order valence-corrected chi connectivity index (χ2v) is 4.28. The van der Waals surface area contributed by atoms with E-state index < -0.39 is 0 Å². The third-order valence-electron chi connectivity index (χ3n) is 3.48. The topological polar surface area (TPSA) is 29.5 Å². The second kappa shape index (κ2) is 4.25. The van der Waals surface area contributed by atoms with Crippen LogP contribution in [-0.2, 0) is 4.74 Å². The van der Waals surface area contributed by atoms with Crippen molar-refractivity contribution in [2.75, 3.05) is 6.61 Å². The van der Waals surface area contributed by atoms with Crippen LogP contribution in [0.1, 0.15) is 33.1 Å². The first-order valence-corrected chi connectivity index (χ1v) is 5.91. The third kappa shape index (κ3) is 1.75. The number of hydrogen-bond acceptors (Lipinski definition) is 2. The Labute approximate surface area is 91.1 Å². The molecule has 3 heteroatoms. The number of fused-ring (bicyclic) bond motifs is 2. The van der Waals surface area contributed by atoms with Gasteiger partial charge in [0.1, 0.15) is 0 Å². The molecule has 2 aliphatic heterocycles. The standard InChI is InChI=1S/C12H19NO2/c1-3-11-9-5-7-10(8-6-9)13(11)12(14)15-4-2/h5,7,9-11H,3-4,6,8H2,1-2H3/t9-,10-,11+/m0/s1. The number of amides is 1. The molecule has 0 aromatic rings. The summed E-state index contributed by atoms with van der Waals surface area (Å²) in [6.07, 6.45) is 7.63. The van der Waals surface area contributed by atoms with Crippen LogP contribution in [-0.4, -0.2) is 29.7 Å². The lowest BCUT2D eigenvalue weighted by atomic mass is 9.79. The molecule has 1 fully saturated rings. The monoisotopic (exact) mass is 209 g/mol. The Morgan fingerprint density at radius 3 is 2.73 bits per heavy atom. The Hall–Kier alpha value is -0.990. The zero-order valence-electron chi connectivity index (χ0n) is 9.48. The Kier molecular flexibility index (Phi) is 2.98. The molecule has 1 aliphatic carbocycles. The molecule has 2 heterocycles. The van der Waals surface area contributed by atoms with Crippen molar-refractivity contribution in [3.63, 3.8) is 0 Å². The Morgan fingerprint density at radius 2 is 2.20 bits per heavy atom. The minimum Gasteiger partial charge on any atom is -0.450 e. The van der Waals surface area contributed by atoms with Crippen LogP contribution >= 0.6 is 0 Å². The summed E-state index contributed by atoms with van der Waals surface area (Å²) in [5.74, 6) is 0.546. The first-order valence-electron chi connectivity index (χ1n) is 5.91. The molecule has 84 valence electrons. The van der Waals surface area contributed by atoms with Crippen LogP contribution < -0.4 is 0 Å². The maximum Gasteiger partial charge on any atom is 0.410 e. The fourth-order valence-corrected chi connectivity index (χ4v) is 2.80. The normalized spacial score (nSPS) is 33.2. The van der Waals surface area contributed by atoms with E-state index in [0.717, 1.165) is 12.8 Å². The smallest absolute Gasteiger partial charge is 0.410 e. The fraction of sp³-hybridized carbons (Fsp3) is 0.750. The molecule has 3 atom stereocenters. The van der Waals surface area contributed by atoms with Crippen LogP contribution in [0.25, 0.3) is 0 Å². The maximum atomic E-state index is 11.8. The second-order valence-electron chi connectivity index (χ2n) is 4.28. The summed E-state index contributed by atoms with van der Waals surface area (Å²) >= 11 is 0. The highest BCUT2D eigenvalue weighted by Gasteiger charge is 2.40. The molecule has 15 heavy (non-hydrogen) atoms. The van der Waals surface area contributed by atoms with E-state index in [0.29, 0.717) is 18.6 Å². The minimum atomic E-state index is -0.136. The van der Waals surface area contributed by atoms with Gasteiger partial charge in [-0.1, -0.05) is 19.1 Å². The molecule has 2 bridgehead atoms. The lowest BCUT2D eigenvalue weighted by molar-refractivity contribution is 0.0380. The zero-order chi connectivity index (χ0) is 10.8. The van der Waals surface area contributed by atoms with Gasteiger partial charge >= 0.3 is 6.09 Å². The number of hydrogen-bond donors (Lipinski definition) is 0. The van der Waals surface area contributed by atoms with E-state index in [9.17, 15) is 4.79 Å². The molecule has 0 saturated carbocycles. The molecule has 3 aliphatic rings. The molecule has 0 spiro atoms. The summed E-state index contributed by atoms with van der Waals surface area (Å²) in [7, 11) is 0. The van der Waals surface area contributed by atoms with Gasteiger partial charge in [-0.25, -0.2) is 4.79 Å². The van der Waals surface area contributed by atoms with Gasteiger partial charge in [-0.3, -0.25) is 4.90 Å². The van der Waals surface area contributed by atoms with Gasteiger partial charge in [0.2, 0.25) is 0 Å². The lowest BCUT2D eigenvalue weighted by Gasteiger charge is -2.47. The van der Waals surface area contributed by atoms with Crippen molar-refractivity contribution in [2.24, 2.45) is 5.92 Å². The fourth-order valence-electron chi connectivity index (χ4n) is 2.80. The number of piperidine rings is 1. The van der Waals surface area contributed by atoms with Crippen molar-refractivity contribution in [3.05, 3.63) is 12.2 Å². The molecule has 0 aromatic heterocycles. The summed E-state index contributed by atoms with van der Waals surface area (Å²) in [5, 5.41) is 0. The van der Waals surface area contributed by atoms with E-state index in [-0.39, 0.29) is 12.1 Å². The molecule has 0 aromatic carbocycles. The van der Waals surface area contributed by atoms with Gasteiger partial charge in [-0.15, -0.1) is 0 Å². The maximum absolute atomic E-state index is 11.8. The Morgan fingerprint density at radius 1 is 1.40 bits per heavy atom. The quantitative estimate of drug-likeness (QED) is 0.654. The van der Waals surface area contributed by atoms with E-state index in [1.807, 2.05) is 11.8 Å². The van der Waals surface area contributed by atoms with Crippen LogP contribution in [0.5, 0.6) is 0 Å². The zero-order valence-corrected chi connectivity index (χ0v) is 9.48. The van der Waals surface area contributed by atoms with E-state index in [1.165, 1.54) is 6.42 Å². The number of carbonyl (C=O) groups is 1. The van der Waals surface area contributed by atoms with Gasteiger partial charge in [0.15, 0.2) is 0 Å². The molecule has 0 N–H and O–H groups in total. The van der Waals surface area contributed by atoms with Crippen molar-refractivity contribution >= 4 is 6.09 Å². The molecule has 3 nitrogen and oxygen atoms in total. The van der Waals surface area contributed by atoms with E-state index in [4.69, 9.17) is 4.74 Å². The minimum absolute atomic E-state index is 0.136. The molecule has 1 amide bonds. The van der Waals surface area contributed by atoms with Gasteiger partial charge in [-0.2, -0.15) is 0 Å². The Bertz CT molecular complexity index is 275. The van der Waals surface area contributed by atoms with Crippen molar-refractivity contribution in [1.82, 2.24) is 4.90 Å². The highest BCUT2D eigenvalue weighted by atomic mass is 16.6. The van der Waals surface area contributed by atoms with E-state index >= 15 is 0 Å². The molecule has 0 unspecified atom stereocenters. The Balaban J connectivity index is 2.15. The van der Waals surface area contributed by atoms with Gasteiger partial charge in [0.05, 0.1) is 12.6 Å². The summed E-state index contributed by atoms with van der Waals surface area (Å²) in [5.41, 5.74) is 0. The van der Waals surface area contributed by atoms with Crippen molar-refractivity contribution < 1.29 is 9.53 Å². The van der Waals surface area contributed by atoms with E-state index in [1.54, 1.807) is 0 Å². The van der Waals surface area contributed by atoms with Gasteiger partial charge in [0.25, 0.3) is 0 Å². The van der Waals surface area contributed by atoms with Crippen LogP contribution in [0, 0.1) is 5.92 Å². The lowest BCUT2D eigenvalue weighted by Crippen LogP contribution is -2.55. The third-order valence-corrected chi connectivity index (χ3v) is 3.48. The largest absolute Gasteiger partial charge is 0.450 e. The predicted molar refractivity (Wildman–Crippen MR) is 58.6 cm³/mol. The molecular weight excluding hydrogens is 190 g/mol. The predicted octanol–water partition coefficient (Wildman–Crippen LogP) is 2.57. The summed E-state index contributed by atoms with van der Waals surface area (Å²) in [4.78, 5) is 13.8. The van der Waals surface area contributed by atoms with Crippen molar-refractivity contribution in [3.8, 4) is 0 Å². The van der Waals surface area contributed by atoms with Crippen LogP contribution in [0.3, 0.4) is 0 Å². The first kappa shape index (κ1) is 10.5. The first-order chi connectivity index (χ1) is 7.27. The number of nitrogens with zero attached hydrogens (tertiary/aromatic N) is 1. The average molecular weight is 209 g/mol. The molecular formula is C12H19NO2.